The second-order valence-corrected chi connectivity index (χ2v) is 5.63. The number of hydrogen-bond donors (Lipinski definition) is 1. The normalized spacial score (nSPS) is 13.1. The second-order valence-electron chi connectivity index (χ2n) is 5.63. The fourth-order valence-corrected chi connectivity index (χ4v) is 2.35. The smallest absolute Gasteiger partial charge is 0.354 e. The van der Waals surface area contributed by atoms with E-state index in [1.165, 1.54) is 13.8 Å². The van der Waals surface area contributed by atoms with Gasteiger partial charge in [0, 0.05) is 30.7 Å². The topological polar surface area (TPSA) is 64.7 Å². The summed E-state index contributed by atoms with van der Waals surface area (Å²) in [4.78, 5) is 12.1. The summed E-state index contributed by atoms with van der Waals surface area (Å²) in [7, 11) is 0. The summed E-state index contributed by atoms with van der Waals surface area (Å²) < 4.78 is 40.9. The number of hydrogen-bond acceptors (Lipinski definition) is 3. The van der Waals surface area contributed by atoms with Crippen molar-refractivity contribution in [3.8, 4) is 0 Å². The van der Waals surface area contributed by atoms with Gasteiger partial charge in [-0.1, -0.05) is 0 Å². The van der Waals surface area contributed by atoms with E-state index in [0.717, 1.165) is 16.4 Å². The number of nitrogens with zero attached hydrogens (tertiary/aromatic N) is 4. The van der Waals surface area contributed by atoms with Crippen LogP contribution in [0.5, 0.6) is 0 Å². The maximum Gasteiger partial charge on any atom is 0.435 e. The molecule has 132 valence electrons. The van der Waals surface area contributed by atoms with E-state index in [-0.39, 0.29) is 11.6 Å². The monoisotopic (exact) mass is 343 g/mol. The van der Waals surface area contributed by atoms with Crippen molar-refractivity contribution in [1.82, 2.24) is 24.9 Å². The molecular weight excluding hydrogens is 323 g/mol. The molecule has 6 nitrogen and oxygen atoms in total. The first-order valence-corrected chi connectivity index (χ1v) is 7.59. The lowest BCUT2D eigenvalue weighted by molar-refractivity contribution is -0.142. The summed E-state index contributed by atoms with van der Waals surface area (Å²) >= 11 is 0. The van der Waals surface area contributed by atoms with Gasteiger partial charge in [0.25, 0.3) is 0 Å². The van der Waals surface area contributed by atoms with Crippen molar-refractivity contribution in [2.24, 2.45) is 0 Å². The number of rotatable bonds is 6. The number of nitrogens with one attached hydrogen (secondary N) is 1. The molecule has 1 N–H and O–H groups in total. The van der Waals surface area contributed by atoms with Crippen molar-refractivity contribution in [1.29, 1.82) is 0 Å². The van der Waals surface area contributed by atoms with Crippen molar-refractivity contribution in [3.63, 3.8) is 0 Å². The molecule has 0 radical (unpaired) electrons. The minimum Gasteiger partial charge on any atom is -0.354 e. The van der Waals surface area contributed by atoms with E-state index in [0.29, 0.717) is 19.5 Å². The van der Waals surface area contributed by atoms with Crippen LogP contribution in [0.4, 0.5) is 13.2 Å². The van der Waals surface area contributed by atoms with E-state index in [9.17, 15) is 18.0 Å². The van der Waals surface area contributed by atoms with E-state index >= 15 is 0 Å². The zero-order valence-corrected chi connectivity index (χ0v) is 13.8. The lowest BCUT2D eigenvalue weighted by atomic mass is 10.3. The molecule has 0 saturated carbocycles. The van der Waals surface area contributed by atoms with Gasteiger partial charge in [-0.25, -0.2) is 0 Å². The van der Waals surface area contributed by atoms with Crippen LogP contribution >= 0.6 is 0 Å². The standard InChI is InChI=1S/C15H20F3N5O/c1-10-5-7-20-22(10)8-4-6-19-14(24)12(3)23-11(2)9-13(21-23)15(16,17)18/h5,7,9,12H,4,6,8H2,1-3H3,(H,19,24). The van der Waals surface area contributed by atoms with E-state index in [1.54, 1.807) is 6.20 Å². The zero-order valence-electron chi connectivity index (χ0n) is 13.8. The Labute approximate surface area is 137 Å². The minimum atomic E-state index is -4.52. The number of halogens is 3. The molecule has 0 fully saturated rings. The van der Waals surface area contributed by atoms with Gasteiger partial charge in [-0.3, -0.25) is 14.2 Å². The van der Waals surface area contributed by atoms with Crippen LogP contribution in [0.2, 0.25) is 0 Å². The molecule has 1 amide bonds. The van der Waals surface area contributed by atoms with E-state index < -0.39 is 17.9 Å². The predicted molar refractivity (Wildman–Crippen MR) is 81.3 cm³/mol. The molecule has 2 aromatic rings. The van der Waals surface area contributed by atoms with Crippen molar-refractivity contribution in [3.05, 3.63) is 35.4 Å². The molecule has 1 unspecified atom stereocenters. The van der Waals surface area contributed by atoms with E-state index in [4.69, 9.17) is 0 Å². The van der Waals surface area contributed by atoms with Crippen LogP contribution < -0.4 is 5.32 Å². The Morgan fingerprint density at radius 2 is 2.04 bits per heavy atom. The summed E-state index contributed by atoms with van der Waals surface area (Å²) in [5.74, 6) is -0.368. The van der Waals surface area contributed by atoms with Gasteiger partial charge in [-0.05, 0) is 39.3 Å². The molecule has 0 aliphatic heterocycles. The lowest BCUT2D eigenvalue weighted by Gasteiger charge is -2.14. The van der Waals surface area contributed by atoms with Crippen LogP contribution in [0, 0.1) is 13.8 Å². The van der Waals surface area contributed by atoms with Crippen molar-refractivity contribution in [2.45, 2.75) is 46.0 Å². The molecule has 24 heavy (non-hydrogen) atoms. The fourth-order valence-electron chi connectivity index (χ4n) is 2.35. The highest BCUT2D eigenvalue weighted by Gasteiger charge is 2.35. The summed E-state index contributed by atoms with van der Waals surface area (Å²) in [6, 6.07) is 2.01. The summed E-state index contributed by atoms with van der Waals surface area (Å²) in [6.45, 7) is 6.02. The van der Waals surface area contributed by atoms with Gasteiger partial charge in [-0.15, -0.1) is 0 Å². The Morgan fingerprint density at radius 3 is 2.58 bits per heavy atom. The Kier molecular flexibility index (Phi) is 5.30. The third-order valence-electron chi connectivity index (χ3n) is 3.73. The third kappa shape index (κ3) is 4.15. The maximum absolute atomic E-state index is 12.7. The fraction of sp³-hybridized carbons (Fsp3) is 0.533. The summed E-state index contributed by atoms with van der Waals surface area (Å²) in [5.41, 5.74) is 0.326. The lowest BCUT2D eigenvalue weighted by Crippen LogP contribution is -2.33. The quantitative estimate of drug-likeness (QED) is 0.820. The van der Waals surface area contributed by atoms with Gasteiger partial charge in [0.2, 0.25) is 5.91 Å². The predicted octanol–water partition coefficient (Wildman–Crippen LogP) is 2.48. The molecule has 0 bridgehead atoms. The molecule has 0 aliphatic rings. The molecule has 2 heterocycles. The number of aromatic nitrogens is 4. The van der Waals surface area contributed by atoms with Gasteiger partial charge in [0.05, 0.1) is 0 Å². The van der Waals surface area contributed by atoms with Crippen molar-refractivity contribution < 1.29 is 18.0 Å². The van der Waals surface area contributed by atoms with Crippen LogP contribution in [0.1, 0.15) is 36.5 Å². The largest absolute Gasteiger partial charge is 0.435 e. The van der Waals surface area contributed by atoms with Crippen LogP contribution in [0.15, 0.2) is 18.3 Å². The van der Waals surface area contributed by atoms with E-state index in [1.807, 2.05) is 17.7 Å². The summed E-state index contributed by atoms with van der Waals surface area (Å²) in [6.07, 6.45) is -2.14. The van der Waals surface area contributed by atoms with Gasteiger partial charge in [0.15, 0.2) is 5.69 Å². The van der Waals surface area contributed by atoms with Gasteiger partial charge in [0.1, 0.15) is 6.04 Å². The highest BCUT2D eigenvalue weighted by Crippen LogP contribution is 2.29. The zero-order chi connectivity index (χ0) is 17.9. The molecule has 0 saturated heterocycles. The van der Waals surface area contributed by atoms with Gasteiger partial charge < -0.3 is 5.32 Å². The van der Waals surface area contributed by atoms with Gasteiger partial charge in [-0.2, -0.15) is 23.4 Å². The molecular formula is C15H20F3N5O. The highest BCUT2D eigenvalue weighted by atomic mass is 19.4. The molecule has 1 atom stereocenters. The Bertz CT molecular complexity index is 704. The molecule has 2 rings (SSSR count). The number of alkyl halides is 3. The SMILES string of the molecule is Cc1ccnn1CCCNC(=O)C(C)n1nc(C(F)(F)F)cc1C. The first kappa shape index (κ1) is 18.0. The van der Waals surface area contributed by atoms with Crippen LogP contribution in [-0.2, 0) is 17.5 Å². The molecule has 2 aromatic heterocycles. The minimum absolute atomic E-state index is 0.289. The molecule has 9 heteroatoms. The highest BCUT2D eigenvalue weighted by molar-refractivity contribution is 5.79. The van der Waals surface area contributed by atoms with Crippen LogP contribution in [0.25, 0.3) is 0 Å². The number of aryl methyl sites for hydroxylation is 3. The summed E-state index contributed by atoms with van der Waals surface area (Å²) in [5, 5.41) is 10.4. The number of amides is 1. The first-order chi connectivity index (χ1) is 11.2. The van der Waals surface area contributed by atoms with Gasteiger partial charge >= 0.3 is 6.18 Å². The average Bonchev–Trinajstić information content (AvgIpc) is 3.08. The molecule has 0 aliphatic carbocycles. The Morgan fingerprint density at radius 1 is 1.33 bits per heavy atom. The first-order valence-electron chi connectivity index (χ1n) is 7.59. The van der Waals surface area contributed by atoms with Crippen LogP contribution in [-0.4, -0.2) is 32.0 Å². The van der Waals surface area contributed by atoms with E-state index in [2.05, 4.69) is 15.5 Å². The van der Waals surface area contributed by atoms with Crippen LogP contribution in [0.3, 0.4) is 0 Å². The van der Waals surface area contributed by atoms with Crippen molar-refractivity contribution >= 4 is 5.91 Å². The van der Waals surface area contributed by atoms with Crippen molar-refractivity contribution in [2.75, 3.05) is 6.54 Å². The average molecular weight is 343 g/mol. The molecule has 0 spiro atoms. The number of carbonyl (C=O) groups is 1. The third-order valence-corrected chi connectivity index (χ3v) is 3.73. The Balaban J connectivity index is 1.88. The Hall–Kier alpha value is -2.32. The number of carbonyl (C=O) groups excluding carboxylic acids is 1. The second kappa shape index (κ2) is 7.06. The molecule has 0 aromatic carbocycles. The maximum atomic E-state index is 12.7.